The second-order valence-corrected chi connectivity index (χ2v) is 6.62. The first-order valence-corrected chi connectivity index (χ1v) is 7.85. The monoisotopic (exact) mass is 326 g/mol. The fraction of sp³-hybridized carbons (Fsp3) is 0.263. The molecule has 0 aliphatic heterocycles. The van der Waals surface area contributed by atoms with E-state index >= 15 is 0 Å². The third-order valence-electron chi connectivity index (χ3n) is 4.13. The van der Waals surface area contributed by atoms with Crippen molar-refractivity contribution in [1.29, 1.82) is 0 Å². The molecule has 0 saturated carbocycles. The molecule has 1 aliphatic carbocycles. The summed E-state index contributed by atoms with van der Waals surface area (Å²) in [5, 5.41) is 0. The molecule has 3 rings (SSSR count). The number of hydrogen-bond donors (Lipinski definition) is 0. The van der Waals surface area contributed by atoms with Gasteiger partial charge in [0.25, 0.3) is 0 Å². The molecule has 1 aliphatic rings. The van der Waals surface area contributed by atoms with Crippen LogP contribution < -0.4 is 0 Å². The minimum Gasteiger partial charge on any atom is -0.0795 e. The second kappa shape index (κ2) is 4.89. The predicted molar refractivity (Wildman–Crippen MR) is 91.3 cm³/mol. The van der Waals surface area contributed by atoms with E-state index in [1.54, 1.807) is 0 Å². The van der Waals surface area contributed by atoms with E-state index in [0.29, 0.717) is 0 Å². The number of fused-ring (bicyclic) bond motifs is 1. The first-order valence-electron chi connectivity index (χ1n) is 7.05. The molecule has 0 unspecified atom stereocenters. The molecule has 1 heteroatoms. The van der Waals surface area contributed by atoms with Crippen LogP contribution in [0.2, 0.25) is 0 Å². The van der Waals surface area contributed by atoms with Crippen LogP contribution in [0, 0.1) is 27.7 Å². The summed E-state index contributed by atoms with van der Waals surface area (Å²) in [7, 11) is 0. The zero-order valence-electron chi connectivity index (χ0n) is 12.5. The molecule has 0 spiro atoms. The molecule has 20 heavy (non-hydrogen) atoms. The number of benzene rings is 2. The van der Waals surface area contributed by atoms with Crippen LogP contribution in [0.5, 0.6) is 0 Å². The molecule has 0 radical (unpaired) electrons. The Hall–Kier alpha value is -1.34. The Morgan fingerprint density at radius 1 is 0.850 bits per heavy atom. The van der Waals surface area contributed by atoms with Crippen molar-refractivity contribution in [2.45, 2.75) is 34.1 Å². The van der Waals surface area contributed by atoms with Gasteiger partial charge >= 0.3 is 0 Å². The molecule has 0 atom stereocenters. The highest BCUT2D eigenvalue weighted by Gasteiger charge is 2.19. The lowest BCUT2D eigenvalue weighted by atomic mass is 9.88. The summed E-state index contributed by atoms with van der Waals surface area (Å²) >= 11 is 3.83. The van der Waals surface area contributed by atoms with Gasteiger partial charge in [0.15, 0.2) is 0 Å². The standard InChI is InChI=1S/C19H19Br/c1-11-8-12(2)17(13(3)9-11)18-16-7-5-6-15(16)10-14(4)19(18)20/h5-6,8-10H,7H2,1-4H3. The van der Waals surface area contributed by atoms with Crippen LogP contribution in [0.4, 0.5) is 0 Å². The van der Waals surface area contributed by atoms with Crippen molar-refractivity contribution in [2.24, 2.45) is 0 Å². The molecule has 2 aromatic carbocycles. The Kier molecular flexibility index (Phi) is 3.33. The molecule has 2 aromatic rings. The van der Waals surface area contributed by atoms with Gasteiger partial charge in [0.05, 0.1) is 0 Å². The second-order valence-electron chi connectivity index (χ2n) is 5.83. The van der Waals surface area contributed by atoms with Crippen molar-refractivity contribution < 1.29 is 0 Å². The minimum absolute atomic E-state index is 1.04. The molecule has 102 valence electrons. The van der Waals surface area contributed by atoms with Crippen molar-refractivity contribution in [1.82, 2.24) is 0 Å². The Morgan fingerprint density at radius 3 is 2.15 bits per heavy atom. The normalized spacial score (nSPS) is 12.8. The van der Waals surface area contributed by atoms with Crippen molar-refractivity contribution in [3.8, 4) is 11.1 Å². The number of allylic oxidation sites excluding steroid dienone is 1. The first kappa shape index (κ1) is 13.6. The number of rotatable bonds is 1. The van der Waals surface area contributed by atoms with Crippen LogP contribution in [-0.2, 0) is 6.42 Å². The van der Waals surface area contributed by atoms with E-state index in [4.69, 9.17) is 0 Å². The average Bonchev–Trinajstić information content (AvgIpc) is 2.80. The van der Waals surface area contributed by atoms with Crippen molar-refractivity contribution >= 4 is 22.0 Å². The van der Waals surface area contributed by atoms with E-state index in [2.05, 4.69) is 74.0 Å². The predicted octanol–water partition coefficient (Wildman–Crippen LogP) is 5.92. The van der Waals surface area contributed by atoms with Gasteiger partial charge in [0, 0.05) is 10.0 Å². The summed E-state index contributed by atoms with van der Waals surface area (Å²) < 4.78 is 1.25. The van der Waals surface area contributed by atoms with E-state index < -0.39 is 0 Å². The molecular formula is C19H19Br. The molecule has 0 heterocycles. The third kappa shape index (κ3) is 2.05. The van der Waals surface area contributed by atoms with Gasteiger partial charge in [0.2, 0.25) is 0 Å². The van der Waals surface area contributed by atoms with Gasteiger partial charge in [-0.15, -0.1) is 0 Å². The first-order chi connectivity index (χ1) is 9.49. The van der Waals surface area contributed by atoms with Gasteiger partial charge in [-0.3, -0.25) is 0 Å². The maximum Gasteiger partial charge on any atom is 0.0286 e. The smallest absolute Gasteiger partial charge is 0.0286 e. The van der Waals surface area contributed by atoms with Gasteiger partial charge in [-0.2, -0.15) is 0 Å². The molecule has 0 bridgehead atoms. The number of aryl methyl sites for hydroxylation is 4. The molecule has 0 fully saturated rings. The maximum absolute atomic E-state index is 3.83. The Bertz CT molecular complexity index is 713. The molecule has 0 saturated heterocycles. The fourth-order valence-electron chi connectivity index (χ4n) is 3.37. The summed E-state index contributed by atoms with van der Waals surface area (Å²) in [5.74, 6) is 0. The van der Waals surface area contributed by atoms with Crippen molar-refractivity contribution in [2.75, 3.05) is 0 Å². The zero-order chi connectivity index (χ0) is 14.4. The lowest BCUT2D eigenvalue weighted by Gasteiger charge is -2.19. The van der Waals surface area contributed by atoms with Gasteiger partial charge in [-0.05, 0) is 83.4 Å². The molecule has 0 nitrogen and oxygen atoms in total. The Labute approximate surface area is 129 Å². The van der Waals surface area contributed by atoms with Crippen LogP contribution in [0.15, 0.2) is 28.7 Å². The fourth-order valence-corrected chi connectivity index (χ4v) is 3.92. The van der Waals surface area contributed by atoms with E-state index in [-0.39, 0.29) is 0 Å². The topological polar surface area (TPSA) is 0 Å². The van der Waals surface area contributed by atoms with E-state index in [9.17, 15) is 0 Å². The highest BCUT2D eigenvalue weighted by molar-refractivity contribution is 9.10. The van der Waals surface area contributed by atoms with Crippen molar-refractivity contribution in [3.63, 3.8) is 0 Å². The lowest BCUT2D eigenvalue weighted by molar-refractivity contribution is 1.25. The van der Waals surface area contributed by atoms with Crippen molar-refractivity contribution in [3.05, 3.63) is 62.1 Å². The summed E-state index contributed by atoms with van der Waals surface area (Å²) in [6, 6.07) is 6.85. The van der Waals surface area contributed by atoms with Crippen LogP contribution >= 0.6 is 15.9 Å². The maximum atomic E-state index is 3.83. The Balaban J connectivity index is 2.37. The van der Waals surface area contributed by atoms with E-state index in [1.165, 1.54) is 49.0 Å². The largest absolute Gasteiger partial charge is 0.0795 e. The third-order valence-corrected chi connectivity index (χ3v) is 5.16. The van der Waals surface area contributed by atoms with Gasteiger partial charge in [0.1, 0.15) is 0 Å². The van der Waals surface area contributed by atoms with Crippen LogP contribution in [0.25, 0.3) is 17.2 Å². The van der Waals surface area contributed by atoms with Gasteiger partial charge in [-0.1, -0.05) is 35.9 Å². The number of hydrogen-bond acceptors (Lipinski definition) is 0. The summed E-state index contributed by atoms with van der Waals surface area (Å²) in [6.45, 7) is 8.79. The summed E-state index contributed by atoms with van der Waals surface area (Å²) in [5.41, 5.74) is 11.0. The highest BCUT2D eigenvalue weighted by atomic mass is 79.9. The Morgan fingerprint density at radius 2 is 1.50 bits per heavy atom. The van der Waals surface area contributed by atoms with Crippen LogP contribution in [0.3, 0.4) is 0 Å². The molecule has 0 N–H and O–H groups in total. The SMILES string of the molecule is Cc1cc(C)c(-c2c(Br)c(C)cc3c2CC=C3)c(C)c1. The van der Waals surface area contributed by atoms with Crippen LogP contribution in [-0.4, -0.2) is 0 Å². The van der Waals surface area contributed by atoms with Gasteiger partial charge < -0.3 is 0 Å². The lowest BCUT2D eigenvalue weighted by Crippen LogP contribution is -1.98. The van der Waals surface area contributed by atoms with E-state index in [0.717, 1.165) is 6.42 Å². The molecular weight excluding hydrogens is 308 g/mol. The zero-order valence-corrected chi connectivity index (χ0v) is 14.1. The van der Waals surface area contributed by atoms with Crippen LogP contribution in [0.1, 0.15) is 33.4 Å². The minimum atomic E-state index is 1.04. The summed E-state index contributed by atoms with van der Waals surface area (Å²) in [4.78, 5) is 0. The number of halogens is 1. The van der Waals surface area contributed by atoms with E-state index in [1.807, 2.05) is 0 Å². The molecule has 0 amide bonds. The highest BCUT2D eigenvalue weighted by Crippen LogP contribution is 2.42. The average molecular weight is 327 g/mol. The summed E-state index contributed by atoms with van der Waals surface area (Å²) in [6.07, 6.45) is 5.55. The van der Waals surface area contributed by atoms with Gasteiger partial charge in [-0.25, -0.2) is 0 Å². The molecule has 0 aromatic heterocycles. The quantitative estimate of drug-likeness (QED) is 0.610.